The van der Waals surface area contributed by atoms with Gasteiger partial charge in [-0.05, 0) is 50.0 Å². The van der Waals surface area contributed by atoms with Gasteiger partial charge >= 0.3 is 0 Å². The zero-order valence-corrected chi connectivity index (χ0v) is 15.9. The minimum atomic E-state index is -1.88. The van der Waals surface area contributed by atoms with E-state index < -0.39 is 17.4 Å². The number of hydrogen-bond donors (Lipinski definition) is 0. The molecule has 2 rings (SSSR count). The summed E-state index contributed by atoms with van der Waals surface area (Å²) in [6.45, 7) is 9.22. The summed E-state index contributed by atoms with van der Waals surface area (Å²) in [6, 6.07) is 1.65. The van der Waals surface area contributed by atoms with Gasteiger partial charge in [0.15, 0.2) is 5.75 Å². The largest absolute Gasteiger partial charge is 0.542 e. The normalized spacial score (nSPS) is 16.6. The number of carboxylic acid groups (broad SMARTS) is 1. The maximum absolute atomic E-state index is 13.9. The molecule has 1 aliphatic heterocycles. The van der Waals surface area contributed by atoms with E-state index in [2.05, 4.69) is 0 Å². The van der Waals surface area contributed by atoms with Crippen LogP contribution in [0.2, 0.25) is 5.02 Å². The number of fused-ring (bicyclic) bond motifs is 1. The summed E-state index contributed by atoms with van der Waals surface area (Å²) in [6.07, 6.45) is 1.99. The molecule has 0 saturated carbocycles. The predicted octanol–water partition coefficient (Wildman–Crippen LogP) is 4.01. The number of carbonyl (C=O) groups is 1. The molecule has 0 bridgehead atoms. The summed E-state index contributed by atoms with van der Waals surface area (Å²) in [4.78, 5) is 10.9. The molecular formula is C19H21ClFO4-. The van der Waals surface area contributed by atoms with Crippen molar-refractivity contribution in [3.05, 3.63) is 34.1 Å². The number of carboxylic acids is 1. The van der Waals surface area contributed by atoms with Crippen molar-refractivity contribution >= 4 is 28.7 Å². The lowest BCUT2D eigenvalue weighted by molar-refractivity contribution is -0.301. The second-order valence-electron chi connectivity index (χ2n) is 6.83. The number of ether oxygens (including phenoxy) is 2. The molecule has 1 aromatic rings. The van der Waals surface area contributed by atoms with Crippen LogP contribution in [0, 0.1) is 5.92 Å². The third kappa shape index (κ3) is 3.52. The van der Waals surface area contributed by atoms with E-state index in [0.29, 0.717) is 11.3 Å². The number of aliphatic carboxylic acids is 1. The molecule has 0 aliphatic carbocycles. The topological polar surface area (TPSA) is 58.6 Å². The van der Waals surface area contributed by atoms with Crippen LogP contribution >= 0.6 is 11.6 Å². The smallest absolute Gasteiger partial charge is 0.150 e. The average molecular weight is 368 g/mol. The molecule has 1 heterocycles. The van der Waals surface area contributed by atoms with Gasteiger partial charge in [0.05, 0.1) is 7.11 Å². The average Bonchev–Trinajstić information content (AvgIpc) is 2.52. The SMILES string of the molecule is COc1c(/C(C)=C(/F)C(=O)[O-])cc2c(c1Cl)OC(C)(C)C=C2C(C)C. The van der Waals surface area contributed by atoms with Crippen LogP contribution in [0.4, 0.5) is 4.39 Å². The van der Waals surface area contributed by atoms with Crippen LogP contribution in [-0.4, -0.2) is 18.7 Å². The predicted molar refractivity (Wildman–Crippen MR) is 94.2 cm³/mol. The number of methoxy groups -OCH3 is 1. The number of benzene rings is 1. The highest BCUT2D eigenvalue weighted by Crippen LogP contribution is 2.50. The van der Waals surface area contributed by atoms with Crippen molar-refractivity contribution in [1.29, 1.82) is 0 Å². The summed E-state index contributed by atoms with van der Waals surface area (Å²) < 4.78 is 25.2. The van der Waals surface area contributed by atoms with E-state index in [1.165, 1.54) is 14.0 Å². The Bertz CT molecular complexity index is 791. The monoisotopic (exact) mass is 367 g/mol. The van der Waals surface area contributed by atoms with E-state index in [0.717, 1.165) is 5.57 Å². The molecule has 6 heteroatoms. The zero-order chi connectivity index (χ0) is 19.1. The highest BCUT2D eigenvalue weighted by molar-refractivity contribution is 6.34. The Kier molecular flexibility index (Phi) is 5.19. The van der Waals surface area contributed by atoms with Crippen LogP contribution in [0.3, 0.4) is 0 Å². The van der Waals surface area contributed by atoms with E-state index in [9.17, 15) is 14.3 Å². The second-order valence-corrected chi connectivity index (χ2v) is 7.21. The van der Waals surface area contributed by atoms with Crippen LogP contribution in [0.5, 0.6) is 11.5 Å². The van der Waals surface area contributed by atoms with E-state index in [1.807, 2.05) is 33.8 Å². The van der Waals surface area contributed by atoms with Gasteiger partial charge in [0.25, 0.3) is 0 Å². The summed E-state index contributed by atoms with van der Waals surface area (Å²) in [5.41, 5.74) is 1.25. The van der Waals surface area contributed by atoms with Crippen molar-refractivity contribution in [2.75, 3.05) is 7.11 Å². The van der Waals surface area contributed by atoms with Gasteiger partial charge in [-0.25, -0.2) is 4.39 Å². The lowest BCUT2D eigenvalue weighted by Gasteiger charge is -2.34. The van der Waals surface area contributed by atoms with E-state index in [-0.39, 0.29) is 27.8 Å². The quantitative estimate of drug-likeness (QED) is 0.754. The van der Waals surface area contributed by atoms with Crippen molar-refractivity contribution in [2.24, 2.45) is 5.92 Å². The van der Waals surface area contributed by atoms with Crippen LogP contribution in [-0.2, 0) is 4.79 Å². The molecule has 1 aromatic carbocycles. The van der Waals surface area contributed by atoms with E-state index in [1.54, 1.807) is 6.07 Å². The van der Waals surface area contributed by atoms with Crippen LogP contribution in [0.15, 0.2) is 18.0 Å². The minimum absolute atomic E-state index is 0.116. The minimum Gasteiger partial charge on any atom is -0.542 e. The maximum Gasteiger partial charge on any atom is 0.150 e. The molecule has 0 N–H and O–H groups in total. The third-order valence-electron chi connectivity index (χ3n) is 4.09. The number of halogens is 2. The highest BCUT2D eigenvalue weighted by atomic mass is 35.5. The van der Waals surface area contributed by atoms with Gasteiger partial charge in [0.1, 0.15) is 28.2 Å². The van der Waals surface area contributed by atoms with Gasteiger partial charge in [-0.15, -0.1) is 0 Å². The molecule has 0 aromatic heterocycles. The molecule has 4 nitrogen and oxygen atoms in total. The van der Waals surface area contributed by atoms with Gasteiger partial charge < -0.3 is 19.4 Å². The summed E-state index contributed by atoms with van der Waals surface area (Å²) in [5, 5.41) is 11.1. The Morgan fingerprint density at radius 1 is 1.40 bits per heavy atom. The van der Waals surface area contributed by atoms with Crippen molar-refractivity contribution in [3.63, 3.8) is 0 Å². The highest BCUT2D eigenvalue weighted by Gasteiger charge is 2.32. The Labute approximate surface area is 151 Å². The van der Waals surface area contributed by atoms with E-state index in [4.69, 9.17) is 21.1 Å². The summed E-state index contributed by atoms with van der Waals surface area (Å²) >= 11 is 6.47. The standard InChI is InChI=1S/C19H22ClFO4/c1-9(2)13-8-19(4,5)25-17-12(13)7-11(16(24-6)14(17)20)10(3)15(21)18(22)23/h7-9H,1-6H3,(H,22,23)/p-1/b15-10+. The lowest BCUT2D eigenvalue weighted by atomic mass is 9.86. The second kappa shape index (κ2) is 6.71. The van der Waals surface area contributed by atoms with Crippen LogP contribution in [0.1, 0.15) is 45.7 Å². The third-order valence-corrected chi connectivity index (χ3v) is 4.44. The van der Waals surface area contributed by atoms with Crippen LogP contribution < -0.4 is 14.6 Å². The Balaban J connectivity index is 2.85. The fraction of sp³-hybridized carbons (Fsp3) is 0.421. The van der Waals surface area contributed by atoms with Gasteiger partial charge in [-0.2, -0.15) is 0 Å². The fourth-order valence-electron chi connectivity index (χ4n) is 2.90. The number of carbonyl (C=O) groups excluding carboxylic acids is 1. The molecule has 25 heavy (non-hydrogen) atoms. The fourth-order valence-corrected chi connectivity index (χ4v) is 3.22. The van der Waals surface area contributed by atoms with Crippen LogP contribution in [0.25, 0.3) is 11.1 Å². The maximum atomic E-state index is 13.9. The first-order valence-electron chi connectivity index (χ1n) is 7.90. The molecule has 0 radical (unpaired) electrons. The van der Waals surface area contributed by atoms with Crippen molar-refractivity contribution in [3.8, 4) is 11.5 Å². The molecule has 0 saturated heterocycles. The van der Waals surface area contributed by atoms with Gasteiger partial charge in [0.2, 0.25) is 0 Å². The molecule has 0 amide bonds. The first-order valence-corrected chi connectivity index (χ1v) is 8.28. The van der Waals surface area contributed by atoms with Gasteiger partial charge in [-0.1, -0.05) is 25.4 Å². The molecule has 0 spiro atoms. The first kappa shape index (κ1) is 19.3. The number of rotatable bonds is 4. The molecule has 0 fully saturated rings. The molecule has 136 valence electrons. The first-order chi connectivity index (χ1) is 11.5. The van der Waals surface area contributed by atoms with Gasteiger partial charge in [0, 0.05) is 11.1 Å². The molecule has 0 unspecified atom stereocenters. The van der Waals surface area contributed by atoms with Crippen molar-refractivity contribution in [2.45, 2.75) is 40.2 Å². The van der Waals surface area contributed by atoms with E-state index >= 15 is 0 Å². The van der Waals surface area contributed by atoms with Crippen molar-refractivity contribution < 1.29 is 23.8 Å². The van der Waals surface area contributed by atoms with Gasteiger partial charge in [-0.3, -0.25) is 0 Å². The molecule has 1 aliphatic rings. The Morgan fingerprint density at radius 3 is 2.48 bits per heavy atom. The number of hydrogen-bond acceptors (Lipinski definition) is 4. The Hall–Kier alpha value is -2.01. The lowest BCUT2D eigenvalue weighted by Crippen LogP contribution is -2.30. The summed E-state index contributed by atoms with van der Waals surface area (Å²) in [5.74, 6) is -2.48. The molecular weight excluding hydrogens is 347 g/mol. The Morgan fingerprint density at radius 2 is 2.00 bits per heavy atom. The zero-order valence-electron chi connectivity index (χ0n) is 15.1. The number of allylic oxidation sites excluding steroid dienone is 2. The van der Waals surface area contributed by atoms with Crippen molar-refractivity contribution in [1.82, 2.24) is 0 Å². The molecule has 0 atom stereocenters. The summed E-state index contributed by atoms with van der Waals surface area (Å²) in [7, 11) is 1.38.